The second-order valence-corrected chi connectivity index (χ2v) is 17.3. The molecule has 1 aliphatic carbocycles. The van der Waals surface area contributed by atoms with Crippen molar-refractivity contribution in [3.05, 3.63) is 60.2 Å². The number of rotatable bonds is 14. The summed E-state index contributed by atoms with van der Waals surface area (Å²) in [5, 5.41) is 75.2. The van der Waals surface area contributed by atoms with Crippen molar-refractivity contribution < 1.29 is 63.9 Å². The van der Waals surface area contributed by atoms with Crippen LogP contribution in [0, 0.1) is 0 Å². The summed E-state index contributed by atoms with van der Waals surface area (Å²) in [6.07, 6.45) is -18.9. The van der Waals surface area contributed by atoms with Crippen LogP contribution in [0.5, 0.6) is 0 Å². The molecule has 19 atom stereocenters. The van der Waals surface area contributed by atoms with E-state index in [-0.39, 0.29) is 38.4 Å². The molecule has 20 heteroatoms. The van der Waals surface area contributed by atoms with E-state index < -0.39 is 116 Å². The molecular weight excluding hydrogens is 823 g/mol. The van der Waals surface area contributed by atoms with E-state index in [0.717, 1.165) is 16.3 Å². The number of aliphatic hydroxyl groups is 6. The van der Waals surface area contributed by atoms with Gasteiger partial charge < -0.3 is 98.8 Å². The summed E-state index contributed by atoms with van der Waals surface area (Å²) in [6, 6.07) is 14.6. The van der Waals surface area contributed by atoms with Gasteiger partial charge in [0.2, 0.25) is 5.91 Å². The van der Waals surface area contributed by atoms with Crippen LogP contribution in [0.1, 0.15) is 24.8 Å². The molecule has 8 rings (SSSR count). The predicted molar refractivity (Wildman–Crippen MR) is 227 cm³/mol. The molecule has 1 saturated carbocycles. The molecule has 3 saturated heterocycles. The first-order valence-corrected chi connectivity index (χ1v) is 21.6. The van der Waals surface area contributed by atoms with Crippen LogP contribution >= 0.6 is 0 Å². The number of carbonyl (C=O) groups excluding carboxylic acids is 1. The molecule has 4 aromatic carbocycles. The van der Waals surface area contributed by atoms with Gasteiger partial charge in [0.05, 0.1) is 18.2 Å². The minimum atomic E-state index is -1.65. The molecule has 20 nitrogen and oxygen atoms in total. The fourth-order valence-corrected chi connectivity index (χ4v) is 9.52. The highest BCUT2D eigenvalue weighted by atomic mass is 16.8. The maximum atomic E-state index is 13.4. The van der Waals surface area contributed by atoms with Crippen LogP contribution < -0.4 is 39.7 Å². The first kappa shape index (κ1) is 46.2. The van der Waals surface area contributed by atoms with Crippen molar-refractivity contribution in [2.24, 2.45) is 34.4 Å². The summed E-state index contributed by atoms with van der Waals surface area (Å²) in [6.45, 7) is -0.551. The number of aliphatic hydroxyl groups excluding tert-OH is 6. The van der Waals surface area contributed by atoms with Gasteiger partial charge in [0, 0.05) is 38.1 Å². The van der Waals surface area contributed by atoms with Crippen molar-refractivity contribution in [3.8, 4) is 0 Å². The van der Waals surface area contributed by atoms with Crippen molar-refractivity contribution in [2.75, 3.05) is 19.6 Å². The third-order valence-electron chi connectivity index (χ3n) is 13.2. The highest BCUT2D eigenvalue weighted by Crippen LogP contribution is 2.37. The first-order chi connectivity index (χ1) is 30.2. The van der Waals surface area contributed by atoms with Gasteiger partial charge >= 0.3 is 0 Å². The van der Waals surface area contributed by atoms with Gasteiger partial charge in [-0.1, -0.05) is 54.6 Å². The molecular formula is C43H61N7O13. The smallest absolute Gasteiger partial charge is 0.220 e. The molecule has 4 fully saturated rings. The van der Waals surface area contributed by atoms with Crippen molar-refractivity contribution in [3.63, 3.8) is 0 Å². The van der Waals surface area contributed by atoms with Gasteiger partial charge in [-0.25, -0.2) is 0 Å². The van der Waals surface area contributed by atoms with Crippen LogP contribution in [0.2, 0.25) is 0 Å². The fraction of sp³-hybridized carbons (Fsp3) is 0.605. The first-order valence-electron chi connectivity index (χ1n) is 21.6. The van der Waals surface area contributed by atoms with Crippen molar-refractivity contribution in [1.82, 2.24) is 5.32 Å². The Bertz CT molecular complexity index is 2160. The van der Waals surface area contributed by atoms with Gasteiger partial charge in [0.1, 0.15) is 67.1 Å². The lowest BCUT2D eigenvalue weighted by atomic mass is 9.84. The summed E-state index contributed by atoms with van der Waals surface area (Å²) in [5.74, 6) is -0.304. The van der Waals surface area contributed by atoms with Gasteiger partial charge in [-0.3, -0.25) is 4.79 Å². The van der Waals surface area contributed by atoms with E-state index in [2.05, 4.69) is 53.8 Å². The molecule has 63 heavy (non-hydrogen) atoms. The van der Waals surface area contributed by atoms with E-state index in [0.29, 0.717) is 12.8 Å². The van der Waals surface area contributed by atoms with Crippen molar-refractivity contribution >= 4 is 38.2 Å². The van der Waals surface area contributed by atoms with E-state index in [1.54, 1.807) is 0 Å². The fourth-order valence-electron chi connectivity index (χ4n) is 9.52. The minimum Gasteiger partial charge on any atom is -0.389 e. The molecule has 0 radical (unpaired) electrons. The lowest BCUT2D eigenvalue weighted by molar-refractivity contribution is -0.306. The minimum absolute atomic E-state index is 0.0672. The zero-order valence-corrected chi connectivity index (χ0v) is 34.6. The summed E-state index contributed by atoms with van der Waals surface area (Å²) >= 11 is 0. The molecule has 0 unspecified atom stereocenters. The number of ether oxygens (including phenoxy) is 6. The van der Waals surface area contributed by atoms with Crippen LogP contribution in [-0.2, 0) is 39.6 Å². The SMILES string of the molecule is NC[C@@H]1O[C@H](O[C@H]2[C@@H](O)[C@H](O[C@@H]3[C@@H](O)[C@H](N)C[C@H](N)[C@H]3O[C@H]3O[C@H](CN)[C@@H](O)[C@H](O)[C@H]3N)O[C@@H]2CNC(=O)CCCc2ccc3ccc4cccc5ccc2c3c45)[C@H](N)[C@@H](O)[C@@H]1O. The quantitative estimate of drug-likeness (QED) is 0.0539. The number of hydrogen-bond donors (Lipinski definition) is 13. The molecule has 0 aromatic heterocycles. The number of carbonyl (C=O) groups is 1. The second kappa shape index (κ2) is 19.3. The molecule has 4 aromatic rings. The number of nitrogens with one attached hydrogen (secondary N) is 1. The highest BCUT2D eigenvalue weighted by Gasteiger charge is 2.54. The zero-order chi connectivity index (χ0) is 44.9. The van der Waals surface area contributed by atoms with Crippen LogP contribution in [0.3, 0.4) is 0 Å². The normalized spacial score (nSPS) is 40.0. The molecule has 1 amide bonds. The third kappa shape index (κ3) is 9.00. The predicted octanol–water partition coefficient (Wildman–Crippen LogP) is -3.85. The van der Waals surface area contributed by atoms with E-state index in [9.17, 15) is 35.4 Å². The molecule has 0 spiro atoms. The Balaban J connectivity index is 0.969. The Morgan fingerprint density at radius 1 is 0.603 bits per heavy atom. The Kier molecular flexibility index (Phi) is 14.1. The monoisotopic (exact) mass is 883 g/mol. The van der Waals surface area contributed by atoms with Crippen LogP contribution in [0.25, 0.3) is 32.3 Å². The average molecular weight is 884 g/mol. The van der Waals surface area contributed by atoms with E-state index in [1.165, 1.54) is 21.5 Å². The largest absolute Gasteiger partial charge is 0.389 e. The van der Waals surface area contributed by atoms with Crippen LogP contribution in [0.15, 0.2) is 54.6 Å². The number of nitrogens with two attached hydrogens (primary N) is 6. The number of hydrogen-bond acceptors (Lipinski definition) is 19. The van der Waals surface area contributed by atoms with Gasteiger partial charge in [-0.15, -0.1) is 0 Å². The van der Waals surface area contributed by atoms with E-state index in [1.807, 2.05) is 6.07 Å². The van der Waals surface area contributed by atoms with Crippen LogP contribution in [-0.4, -0.2) is 172 Å². The Hall–Kier alpha value is -3.33. The molecule has 3 heterocycles. The maximum absolute atomic E-state index is 13.4. The van der Waals surface area contributed by atoms with Crippen molar-refractivity contribution in [1.29, 1.82) is 0 Å². The molecule has 346 valence electrons. The van der Waals surface area contributed by atoms with Gasteiger partial charge in [-0.05, 0) is 57.1 Å². The maximum Gasteiger partial charge on any atom is 0.220 e. The molecule has 3 aliphatic heterocycles. The lowest BCUT2D eigenvalue weighted by Crippen LogP contribution is -2.68. The molecule has 4 aliphatic rings. The topological polar surface area (TPSA) is 362 Å². The van der Waals surface area contributed by atoms with Gasteiger partial charge in [-0.2, -0.15) is 0 Å². The zero-order valence-electron chi connectivity index (χ0n) is 34.6. The Morgan fingerprint density at radius 3 is 1.76 bits per heavy atom. The lowest BCUT2D eigenvalue weighted by Gasteiger charge is -2.47. The Morgan fingerprint density at radius 2 is 1.14 bits per heavy atom. The van der Waals surface area contributed by atoms with E-state index >= 15 is 0 Å². The van der Waals surface area contributed by atoms with Crippen molar-refractivity contribution in [2.45, 2.75) is 142 Å². The summed E-state index contributed by atoms with van der Waals surface area (Å²) in [7, 11) is 0. The van der Waals surface area contributed by atoms with E-state index in [4.69, 9.17) is 62.8 Å². The average Bonchev–Trinajstić information content (AvgIpc) is 3.57. The standard InChI is InChI=1S/C43H61N7O13/c44-14-24-33(53)35(55)30(48)41(58-24)61-38-23(47)13-22(46)32(52)40(38)63-43-37(57)39(62-42-31(49)36(56)34(54)25(15-45)59-42)26(60-43)16-50-27(51)6-2-3-17-7-8-20-10-9-18-4-1-5-19-11-12-21(17)29(20)28(18)19/h1,4-5,7-12,22-26,30-43,52-57H,2-3,6,13-16,44-49H2,(H,50,51)/t22-,23+,24-,25+,26-,30-,31-,32+,33-,34-,35-,36-,37-,38-,39-,40-,41-,42-,43+/m1/s1. The second-order valence-electron chi connectivity index (χ2n) is 17.3. The van der Waals surface area contributed by atoms with Gasteiger partial charge in [0.25, 0.3) is 0 Å². The summed E-state index contributed by atoms with van der Waals surface area (Å²) in [4.78, 5) is 13.4. The summed E-state index contributed by atoms with van der Waals surface area (Å²) < 4.78 is 36.4. The van der Waals surface area contributed by atoms with Crippen LogP contribution in [0.4, 0.5) is 0 Å². The number of aryl methyl sites for hydroxylation is 1. The third-order valence-corrected chi connectivity index (χ3v) is 13.2. The van der Waals surface area contributed by atoms with Gasteiger partial charge in [0.15, 0.2) is 18.9 Å². The molecule has 0 bridgehead atoms. The number of benzene rings is 4. The number of amides is 1. The summed E-state index contributed by atoms with van der Waals surface area (Å²) in [5.41, 5.74) is 37.8. The molecule has 19 N–H and O–H groups in total. The Labute approximate surface area is 362 Å². The highest BCUT2D eigenvalue weighted by molar-refractivity contribution is 6.23.